The second-order valence-corrected chi connectivity index (χ2v) is 3.35. The number of carboxylic acid groups (broad SMARTS) is 1. The third-order valence-corrected chi connectivity index (χ3v) is 2.39. The standard InChI is InChI=1S/C8H8N4O3.ClH/c9-1-4-2-11-3-5(10)7(13)12(11)6(4)8(14)15;/h5H,2-3,10H2,(H,14,15);1H. The summed E-state index contributed by atoms with van der Waals surface area (Å²) in [5.74, 6) is -1.76. The fraction of sp³-hybridized carbons (Fsp3) is 0.375. The molecule has 0 saturated carbocycles. The summed E-state index contributed by atoms with van der Waals surface area (Å²) in [6.45, 7) is 0.387. The summed E-state index contributed by atoms with van der Waals surface area (Å²) in [5, 5.41) is 20.1. The molecule has 2 aliphatic rings. The van der Waals surface area contributed by atoms with Gasteiger partial charge in [-0.3, -0.25) is 4.79 Å². The predicted octanol–water partition coefficient (Wildman–Crippen LogP) is -1.33. The SMILES string of the molecule is Cl.N#CC1=C(C(=O)O)N2C(=O)C(N)CN2C1. The number of aliphatic carboxylic acids is 1. The van der Waals surface area contributed by atoms with E-state index in [1.807, 2.05) is 0 Å². The zero-order valence-corrected chi connectivity index (χ0v) is 8.90. The highest BCUT2D eigenvalue weighted by molar-refractivity contribution is 5.97. The lowest BCUT2D eigenvalue weighted by Crippen LogP contribution is -2.37. The number of nitrogens with zero attached hydrogens (tertiary/aromatic N) is 3. The van der Waals surface area contributed by atoms with Crippen molar-refractivity contribution in [2.45, 2.75) is 6.04 Å². The van der Waals surface area contributed by atoms with Crippen molar-refractivity contribution in [3.8, 4) is 6.07 Å². The van der Waals surface area contributed by atoms with Crippen LogP contribution in [0.3, 0.4) is 0 Å². The summed E-state index contributed by atoms with van der Waals surface area (Å²) in [6, 6.07) is 1.07. The number of nitriles is 1. The maximum atomic E-state index is 11.5. The normalized spacial score (nSPS) is 24.1. The Bertz CT molecular complexity index is 427. The Balaban J connectivity index is 0.00000128. The van der Waals surface area contributed by atoms with E-state index in [9.17, 15) is 9.59 Å². The van der Waals surface area contributed by atoms with Gasteiger partial charge in [0.25, 0.3) is 5.91 Å². The average molecular weight is 245 g/mol. The molecular formula is C8H9ClN4O3. The lowest BCUT2D eigenvalue weighted by Gasteiger charge is -2.18. The number of rotatable bonds is 1. The summed E-state index contributed by atoms with van der Waals surface area (Å²) in [6.07, 6.45) is 0. The van der Waals surface area contributed by atoms with Gasteiger partial charge in [-0.15, -0.1) is 12.4 Å². The number of halogens is 1. The highest BCUT2D eigenvalue weighted by Crippen LogP contribution is 2.28. The van der Waals surface area contributed by atoms with E-state index in [4.69, 9.17) is 16.1 Å². The molecule has 0 aromatic heterocycles. The van der Waals surface area contributed by atoms with E-state index in [1.165, 1.54) is 5.01 Å². The van der Waals surface area contributed by atoms with Crippen molar-refractivity contribution in [2.24, 2.45) is 5.73 Å². The van der Waals surface area contributed by atoms with Gasteiger partial charge in [0.15, 0.2) is 5.70 Å². The summed E-state index contributed by atoms with van der Waals surface area (Å²) >= 11 is 0. The van der Waals surface area contributed by atoms with E-state index in [0.29, 0.717) is 0 Å². The summed E-state index contributed by atoms with van der Waals surface area (Å²) in [5.41, 5.74) is 5.30. The number of hydrogen-bond acceptors (Lipinski definition) is 5. The number of nitrogens with two attached hydrogens (primary N) is 1. The summed E-state index contributed by atoms with van der Waals surface area (Å²) < 4.78 is 0. The first kappa shape index (κ1) is 12.4. The van der Waals surface area contributed by atoms with Gasteiger partial charge in [0, 0.05) is 6.54 Å². The number of carbonyl (C=O) groups is 2. The molecule has 16 heavy (non-hydrogen) atoms. The molecule has 2 heterocycles. The molecule has 2 rings (SSSR count). The Morgan fingerprint density at radius 2 is 2.25 bits per heavy atom. The minimum Gasteiger partial charge on any atom is -0.476 e. The van der Waals surface area contributed by atoms with Gasteiger partial charge in [-0.2, -0.15) is 5.26 Å². The Hall–Kier alpha value is -1.62. The second-order valence-electron chi connectivity index (χ2n) is 3.35. The number of hydrogen-bond donors (Lipinski definition) is 2. The van der Waals surface area contributed by atoms with Gasteiger partial charge in [0.05, 0.1) is 18.2 Å². The first-order chi connectivity index (χ1) is 7.06. The van der Waals surface area contributed by atoms with E-state index in [0.717, 1.165) is 5.01 Å². The van der Waals surface area contributed by atoms with Gasteiger partial charge in [0.1, 0.15) is 6.04 Å². The van der Waals surface area contributed by atoms with Crippen molar-refractivity contribution < 1.29 is 14.7 Å². The van der Waals surface area contributed by atoms with Crippen LogP contribution >= 0.6 is 12.4 Å². The topological polar surface area (TPSA) is 111 Å². The van der Waals surface area contributed by atoms with Crippen LogP contribution in [0.1, 0.15) is 0 Å². The van der Waals surface area contributed by atoms with Crippen molar-refractivity contribution >= 4 is 24.3 Å². The van der Waals surface area contributed by atoms with E-state index in [1.54, 1.807) is 6.07 Å². The van der Waals surface area contributed by atoms with Crippen LogP contribution in [0.25, 0.3) is 0 Å². The zero-order valence-electron chi connectivity index (χ0n) is 8.08. The lowest BCUT2D eigenvalue weighted by molar-refractivity contribution is -0.143. The van der Waals surface area contributed by atoms with Gasteiger partial charge < -0.3 is 10.8 Å². The molecule has 1 fully saturated rings. The molecule has 2 aliphatic heterocycles. The van der Waals surface area contributed by atoms with Gasteiger partial charge in [-0.1, -0.05) is 0 Å². The molecule has 1 amide bonds. The predicted molar refractivity (Wildman–Crippen MR) is 53.9 cm³/mol. The summed E-state index contributed by atoms with van der Waals surface area (Å²) in [4.78, 5) is 22.4. The second kappa shape index (κ2) is 4.09. The minimum atomic E-state index is -1.28. The van der Waals surface area contributed by atoms with E-state index in [2.05, 4.69) is 0 Å². The molecule has 3 N–H and O–H groups in total. The first-order valence-corrected chi connectivity index (χ1v) is 4.27. The van der Waals surface area contributed by atoms with Crippen LogP contribution in [0, 0.1) is 11.3 Å². The molecule has 8 heteroatoms. The van der Waals surface area contributed by atoms with Gasteiger partial charge in [-0.25, -0.2) is 14.8 Å². The lowest BCUT2D eigenvalue weighted by atomic mass is 10.2. The van der Waals surface area contributed by atoms with Crippen molar-refractivity contribution in [3.63, 3.8) is 0 Å². The number of hydrazine groups is 1. The fourth-order valence-electron chi connectivity index (χ4n) is 1.76. The monoisotopic (exact) mass is 244 g/mol. The maximum absolute atomic E-state index is 11.5. The number of carboxylic acids is 1. The molecule has 0 bridgehead atoms. The molecule has 1 unspecified atom stereocenters. The van der Waals surface area contributed by atoms with Crippen LogP contribution in [-0.2, 0) is 9.59 Å². The van der Waals surface area contributed by atoms with Crippen LogP contribution < -0.4 is 5.73 Å². The van der Waals surface area contributed by atoms with E-state index >= 15 is 0 Å². The Labute approximate surface area is 97.1 Å². The number of carbonyl (C=O) groups excluding carboxylic acids is 1. The van der Waals surface area contributed by atoms with Crippen LogP contribution in [0.4, 0.5) is 0 Å². The minimum absolute atomic E-state index is 0. The van der Waals surface area contributed by atoms with Crippen LogP contribution in [0.2, 0.25) is 0 Å². The quantitative estimate of drug-likeness (QED) is 0.591. The van der Waals surface area contributed by atoms with E-state index in [-0.39, 0.29) is 36.8 Å². The number of amides is 1. The average Bonchev–Trinajstić information content (AvgIpc) is 2.65. The first-order valence-electron chi connectivity index (χ1n) is 4.27. The zero-order chi connectivity index (χ0) is 11.2. The Kier molecular flexibility index (Phi) is 3.19. The fourth-order valence-corrected chi connectivity index (χ4v) is 1.76. The molecule has 1 atom stereocenters. The van der Waals surface area contributed by atoms with Crippen LogP contribution in [-0.4, -0.2) is 46.1 Å². The van der Waals surface area contributed by atoms with Gasteiger partial charge in [-0.05, 0) is 0 Å². The van der Waals surface area contributed by atoms with Crippen molar-refractivity contribution in [1.29, 1.82) is 5.26 Å². The third-order valence-electron chi connectivity index (χ3n) is 2.39. The smallest absolute Gasteiger partial charge is 0.355 e. The molecule has 86 valence electrons. The largest absolute Gasteiger partial charge is 0.476 e. The van der Waals surface area contributed by atoms with Gasteiger partial charge >= 0.3 is 5.97 Å². The number of fused-ring (bicyclic) bond motifs is 1. The van der Waals surface area contributed by atoms with Crippen molar-refractivity contribution in [3.05, 3.63) is 11.3 Å². The van der Waals surface area contributed by atoms with Crippen molar-refractivity contribution in [2.75, 3.05) is 13.1 Å². The molecule has 0 aliphatic carbocycles. The third kappa shape index (κ3) is 1.53. The molecule has 7 nitrogen and oxygen atoms in total. The molecule has 1 saturated heterocycles. The molecule has 0 aromatic carbocycles. The molecule has 0 radical (unpaired) electrons. The van der Waals surface area contributed by atoms with Crippen LogP contribution in [0.5, 0.6) is 0 Å². The molecule has 0 aromatic rings. The maximum Gasteiger partial charge on any atom is 0.355 e. The van der Waals surface area contributed by atoms with Crippen molar-refractivity contribution in [1.82, 2.24) is 10.0 Å². The van der Waals surface area contributed by atoms with Crippen LogP contribution in [0.15, 0.2) is 11.3 Å². The highest BCUT2D eigenvalue weighted by Gasteiger charge is 2.46. The molecule has 0 spiro atoms. The van der Waals surface area contributed by atoms with E-state index < -0.39 is 17.9 Å². The van der Waals surface area contributed by atoms with Gasteiger partial charge in [0.2, 0.25) is 0 Å². The Morgan fingerprint density at radius 1 is 1.62 bits per heavy atom. The Morgan fingerprint density at radius 3 is 2.75 bits per heavy atom. The molecular weight excluding hydrogens is 236 g/mol. The highest BCUT2D eigenvalue weighted by atomic mass is 35.5. The summed E-state index contributed by atoms with van der Waals surface area (Å²) in [7, 11) is 0.